The average Bonchev–Trinajstić information content (AvgIpc) is 3.65. The molecule has 2 aliphatic rings. The number of ether oxygens (including phenoxy) is 1. The Kier molecular flexibility index (Phi) is 5.53. The molecule has 0 unspecified atom stereocenters. The molecule has 4 aromatic rings. The van der Waals surface area contributed by atoms with Crippen LogP contribution in [-0.2, 0) is 0 Å². The van der Waals surface area contributed by atoms with E-state index < -0.39 is 0 Å². The number of benzene rings is 1. The minimum atomic E-state index is 0.460. The molecule has 1 saturated heterocycles. The van der Waals surface area contributed by atoms with Crippen LogP contribution in [0.5, 0.6) is 5.75 Å². The first kappa shape index (κ1) is 21.0. The molecule has 1 saturated carbocycles. The van der Waals surface area contributed by atoms with E-state index in [1.807, 2.05) is 24.4 Å². The molecule has 7 heteroatoms. The van der Waals surface area contributed by atoms with E-state index in [-0.39, 0.29) is 0 Å². The Morgan fingerprint density at radius 1 is 0.941 bits per heavy atom. The highest BCUT2D eigenvalue weighted by Gasteiger charge is 2.23. The van der Waals surface area contributed by atoms with Crippen LogP contribution >= 0.6 is 0 Å². The number of rotatable bonds is 6. The zero-order valence-electron chi connectivity index (χ0n) is 19.6. The van der Waals surface area contributed by atoms with Gasteiger partial charge in [-0.15, -0.1) is 0 Å². The topological polar surface area (TPSA) is 67.6 Å². The Bertz CT molecular complexity index is 1290. The van der Waals surface area contributed by atoms with Gasteiger partial charge in [0.2, 0.25) is 5.95 Å². The van der Waals surface area contributed by atoms with Crippen LogP contribution in [0.4, 0.5) is 11.8 Å². The lowest BCUT2D eigenvalue weighted by Gasteiger charge is -2.18. The number of methoxy groups -OCH3 is 1. The molecular formula is C27H30N6O. The second-order valence-electron chi connectivity index (χ2n) is 9.22. The van der Waals surface area contributed by atoms with E-state index in [1.165, 1.54) is 38.5 Å². The van der Waals surface area contributed by atoms with E-state index in [0.717, 1.165) is 52.7 Å². The minimum absolute atomic E-state index is 0.460. The molecule has 0 spiro atoms. The SMILES string of the molecule is COc1ccc(-c2nn3c(N4CCCC4)cccc3c2-c2ccnc(NC3CCCC3)n2)cc1. The molecule has 1 aliphatic carbocycles. The van der Waals surface area contributed by atoms with Gasteiger partial charge in [0.1, 0.15) is 17.3 Å². The third-order valence-electron chi connectivity index (χ3n) is 7.03. The van der Waals surface area contributed by atoms with E-state index in [1.54, 1.807) is 7.11 Å². The molecule has 3 aromatic heterocycles. The largest absolute Gasteiger partial charge is 0.497 e. The minimum Gasteiger partial charge on any atom is -0.497 e. The highest BCUT2D eigenvalue weighted by molar-refractivity contribution is 5.91. The van der Waals surface area contributed by atoms with Crippen molar-refractivity contribution in [2.75, 3.05) is 30.4 Å². The van der Waals surface area contributed by atoms with E-state index in [2.05, 4.69) is 50.0 Å². The summed E-state index contributed by atoms with van der Waals surface area (Å²) in [5.74, 6) is 2.66. The van der Waals surface area contributed by atoms with E-state index in [9.17, 15) is 0 Å². The highest BCUT2D eigenvalue weighted by atomic mass is 16.5. The third kappa shape index (κ3) is 3.85. The summed E-state index contributed by atoms with van der Waals surface area (Å²) in [6, 6.07) is 17.0. The van der Waals surface area contributed by atoms with Gasteiger partial charge in [0.05, 0.1) is 23.9 Å². The Labute approximate surface area is 199 Å². The van der Waals surface area contributed by atoms with Gasteiger partial charge in [0.15, 0.2) is 0 Å². The van der Waals surface area contributed by atoms with Crippen LogP contribution in [0.1, 0.15) is 38.5 Å². The molecule has 0 amide bonds. The van der Waals surface area contributed by atoms with Gasteiger partial charge in [0.25, 0.3) is 0 Å². The summed E-state index contributed by atoms with van der Waals surface area (Å²) in [5.41, 5.74) is 4.93. The van der Waals surface area contributed by atoms with Crippen molar-refractivity contribution in [1.29, 1.82) is 0 Å². The number of nitrogens with zero attached hydrogens (tertiary/aromatic N) is 5. The number of pyridine rings is 1. The van der Waals surface area contributed by atoms with Gasteiger partial charge < -0.3 is 15.0 Å². The van der Waals surface area contributed by atoms with Crippen LogP contribution < -0.4 is 15.0 Å². The van der Waals surface area contributed by atoms with E-state index in [0.29, 0.717) is 12.0 Å². The van der Waals surface area contributed by atoms with Crippen molar-refractivity contribution in [3.8, 4) is 28.3 Å². The van der Waals surface area contributed by atoms with Gasteiger partial charge in [-0.3, -0.25) is 0 Å². The van der Waals surface area contributed by atoms with Crippen LogP contribution in [0.15, 0.2) is 54.7 Å². The maximum atomic E-state index is 5.38. The first-order valence-corrected chi connectivity index (χ1v) is 12.3. The Morgan fingerprint density at radius 2 is 1.74 bits per heavy atom. The van der Waals surface area contributed by atoms with Crippen molar-refractivity contribution < 1.29 is 4.74 Å². The van der Waals surface area contributed by atoms with E-state index in [4.69, 9.17) is 14.8 Å². The molecule has 2 fully saturated rings. The molecule has 1 aromatic carbocycles. The number of aromatic nitrogens is 4. The van der Waals surface area contributed by atoms with E-state index >= 15 is 0 Å². The second-order valence-corrected chi connectivity index (χ2v) is 9.22. The summed E-state index contributed by atoms with van der Waals surface area (Å²) in [4.78, 5) is 11.9. The van der Waals surface area contributed by atoms with Crippen LogP contribution in [0.3, 0.4) is 0 Å². The molecule has 0 atom stereocenters. The maximum absolute atomic E-state index is 5.38. The first-order chi connectivity index (χ1) is 16.8. The number of nitrogens with one attached hydrogen (secondary N) is 1. The predicted molar refractivity (Wildman–Crippen MR) is 136 cm³/mol. The number of hydrogen-bond donors (Lipinski definition) is 1. The third-order valence-corrected chi connectivity index (χ3v) is 7.03. The van der Waals surface area contributed by atoms with Gasteiger partial charge in [-0.05, 0) is 68.1 Å². The lowest BCUT2D eigenvalue weighted by Crippen LogP contribution is -2.20. The fraction of sp³-hybridized carbons (Fsp3) is 0.370. The normalized spacial score (nSPS) is 16.4. The number of hydrogen-bond acceptors (Lipinski definition) is 6. The van der Waals surface area contributed by atoms with Gasteiger partial charge in [-0.2, -0.15) is 5.10 Å². The van der Waals surface area contributed by atoms with Crippen molar-refractivity contribution in [3.05, 3.63) is 54.7 Å². The van der Waals surface area contributed by atoms with Gasteiger partial charge in [-0.25, -0.2) is 14.5 Å². The molecule has 4 heterocycles. The fourth-order valence-electron chi connectivity index (χ4n) is 5.26. The van der Waals surface area contributed by atoms with Crippen molar-refractivity contribution in [1.82, 2.24) is 19.6 Å². The van der Waals surface area contributed by atoms with Gasteiger partial charge >= 0.3 is 0 Å². The average molecular weight is 455 g/mol. The van der Waals surface area contributed by atoms with Crippen molar-refractivity contribution in [2.24, 2.45) is 0 Å². The molecule has 6 rings (SSSR count). The van der Waals surface area contributed by atoms with Crippen LogP contribution in [0.25, 0.3) is 28.0 Å². The van der Waals surface area contributed by atoms with Crippen molar-refractivity contribution >= 4 is 17.3 Å². The Morgan fingerprint density at radius 3 is 2.50 bits per heavy atom. The van der Waals surface area contributed by atoms with Gasteiger partial charge in [0, 0.05) is 30.9 Å². The summed E-state index contributed by atoms with van der Waals surface area (Å²) < 4.78 is 7.47. The molecular weight excluding hydrogens is 424 g/mol. The summed E-state index contributed by atoms with van der Waals surface area (Å²) in [6.45, 7) is 2.13. The molecule has 0 radical (unpaired) electrons. The lowest BCUT2D eigenvalue weighted by atomic mass is 10.0. The first-order valence-electron chi connectivity index (χ1n) is 12.3. The van der Waals surface area contributed by atoms with Gasteiger partial charge in [-0.1, -0.05) is 18.9 Å². The van der Waals surface area contributed by atoms with Crippen LogP contribution in [-0.4, -0.2) is 45.8 Å². The monoisotopic (exact) mass is 454 g/mol. The van der Waals surface area contributed by atoms with Crippen molar-refractivity contribution in [2.45, 2.75) is 44.6 Å². The molecule has 1 N–H and O–H groups in total. The summed E-state index contributed by atoms with van der Waals surface area (Å²) >= 11 is 0. The second kappa shape index (κ2) is 8.97. The van der Waals surface area contributed by atoms with Crippen LogP contribution in [0.2, 0.25) is 0 Å². The zero-order valence-corrected chi connectivity index (χ0v) is 19.6. The summed E-state index contributed by atoms with van der Waals surface area (Å²) in [6.07, 6.45) is 9.20. The maximum Gasteiger partial charge on any atom is 0.223 e. The lowest BCUT2D eigenvalue weighted by molar-refractivity contribution is 0.415. The number of fused-ring (bicyclic) bond motifs is 1. The molecule has 174 valence electrons. The predicted octanol–water partition coefficient (Wildman–Crippen LogP) is 5.42. The summed E-state index contributed by atoms with van der Waals surface area (Å²) in [5, 5.41) is 8.69. The fourth-order valence-corrected chi connectivity index (χ4v) is 5.26. The number of anilines is 2. The smallest absolute Gasteiger partial charge is 0.223 e. The zero-order chi connectivity index (χ0) is 22.9. The molecule has 1 aliphatic heterocycles. The highest BCUT2D eigenvalue weighted by Crippen LogP contribution is 2.37. The standard InChI is InChI=1S/C27H30N6O/c1-34-21-13-11-19(12-14-21)26-25(22-15-16-28-27(30-22)29-20-7-2-3-8-20)23-9-6-10-24(33(23)31-26)32-17-4-5-18-32/h6,9-16,20H,2-5,7-8,17-18H2,1H3,(H,28,29,30). The molecule has 34 heavy (non-hydrogen) atoms. The molecule has 7 nitrogen and oxygen atoms in total. The summed E-state index contributed by atoms with van der Waals surface area (Å²) in [7, 11) is 1.69. The van der Waals surface area contributed by atoms with Crippen molar-refractivity contribution in [3.63, 3.8) is 0 Å². The quantitative estimate of drug-likeness (QED) is 0.420. The molecule has 0 bridgehead atoms. The van der Waals surface area contributed by atoms with Crippen LogP contribution in [0, 0.1) is 0 Å². The Balaban J connectivity index is 1.50. The Hall–Kier alpha value is -3.61.